The molecule has 0 aliphatic heterocycles. The third-order valence-corrected chi connectivity index (χ3v) is 14.9. The van der Waals surface area contributed by atoms with Crippen molar-refractivity contribution in [3.63, 3.8) is 0 Å². The highest BCUT2D eigenvalue weighted by molar-refractivity contribution is 7.45. The predicted molar refractivity (Wildman–Crippen MR) is 325 cm³/mol. The van der Waals surface area contributed by atoms with Gasteiger partial charge < -0.3 is 28.5 Å². The van der Waals surface area contributed by atoms with Gasteiger partial charge in [-0.3, -0.25) is 14.2 Å². The van der Waals surface area contributed by atoms with Gasteiger partial charge in [-0.05, 0) is 63.9 Å². The first-order valence-corrected chi connectivity index (χ1v) is 33.2. The number of hydrogen-bond donors (Lipinski definition) is 1. The number of ether oxygens (including phenoxy) is 1. The lowest BCUT2D eigenvalue weighted by Crippen LogP contribution is -2.47. The fourth-order valence-corrected chi connectivity index (χ4v) is 9.76. The molecule has 442 valence electrons. The van der Waals surface area contributed by atoms with Crippen molar-refractivity contribution in [2.24, 2.45) is 0 Å². The summed E-state index contributed by atoms with van der Waals surface area (Å²) in [5.41, 5.74) is 0. The zero-order chi connectivity index (χ0) is 55.7. The first-order valence-electron chi connectivity index (χ1n) is 31.7. The number of unbranched alkanes of at least 4 members (excludes halogenated alkanes) is 31. The lowest BCUT2D eigenvalue weighted by Gasteiger charge is -2.30. The molecule has 0 heterocycles. The average molecular weight is 1090 g/mol. The van der Waals surface area contributed by atoms with Crippen LogP contribution >= 0.6 is 7.82 Å². The molecule has 0 bridgehead atoms. The van der Waals surface area contributed by atoms with Crippen molar-refractivity contribution in [1.29, 1.82) is 0 Å². The molecule has 1 N–H and O–H groups in total. The number of rotatable bonds is 57. The highest BCUT2D eigenvalue weighted by atomic mass is 31.2. The van der Waals surface area contributed by atoms with Crippen LogP contribution in [0.5, 0.6) is 0 Å². The molecule has 76 heavy (non-hydrogen) atoms. The van der Waals surface area contributed by atoms with Crippen molar-refractivity contribution in [1.82, 2.24) is 5.32 Å². The van der Waals surface area contributed by atoms with Crippen LogP contribution in [-0.4, -0.2) is 69.4 Å². The largest absolute Gasteiger partial charge is 0.756 e. The van der Waals surface area contributed by atoms with E-state index in [1.54, 1.807) is 0 Å². The smallest absolute Gasteiger partial charge is 0.306 e. The van der Waals surface area contributed by atoms with E-state index in [0.717, 1.165) is 70.6 Å². The van der Waals surface area contributed by atoms with Gasteiger partial charge in [0.05, 0.1) is 33.8 Å². The maximum absolute atomic E-state index is 13.5. The number of carbonyl (C=O) groups is 2. The van der Waals surface area contributed by atoms with Crippen LogP contribution in [0.25, 0.3) is 0 Å². The van der Waals surface area contributed by atoms with E-state index in [1.165, 1.54) is 173 Å². The van der Waals surface area contributed by atoms with E-state index < -0.39 is 26.6 Å². The molecular weight excluding hydrogens is 964 g/mol. The maximum Gasteiger partial charge on any atom is 0.306 e. The van der Waals surface area contributed by atoms with E-state index in [9.17, 15) is 19.0 Å². The fourth-order valence-electron chi connectivity index (χ4n) is 9.04. The quantitative estimate of drug-likeness (QED) is 0.0212. The topological polar surface area (TPSA) is 114 Å². The molecule has 0 fully saturated rings. The Morgan fingerprint density at radius 1 is 0.474 bits per heavy atom. The van der Waals surface area contributed by atoms with E-state index >= 15 is 0 Å². The number of esters is 1. The Hall–Kier alpha value is -2.55. The average Bonchev–Trinajstić information content (AvgIpc) is 3.38. The summed E-state index contributed by atoms with van der Waals surface area (Å²) in [6.07, 6.45) is 71.9. The van der Waals surface area contributed by atoms with Crippen molar-refractivity contribution >= 4 is 19.7 Å². The van der Waals surface area contributed by atoms with Gasteiger partial charge in [-0.2, -0.15) is 0 Å². The van der Waals surface area contributed by atoms with Crippen LogP contribution in [0.15, 0.2) is 72.9 Å². The molecule has 0 rings (SSSR count). The number of allylic oxidation sites excluding steroid dienone is 11. The summed E-state index contributed by atoms with van der Waals surface area (Å²) >= 11 is 0. The molecular formula is C66H121N2O7P. The zero-order valence-corrected chi connectivity index (χ0v) is 51.3. The van der Waals surface area contributed by atoms with E-state index in [2.05, 4.69) is 74.7 Å². The molecule has 0 aromatic carbocycles. The van der Waals surface area contributed by atoms with Crippen LogP contribution < -0.4 is 10.2 Å². The summed E-state index contributed by atoms with van der Waals surface area (Å²) in [5, 5.41) is 2.98. The number of carbonyl (C=O) groups excluding carboxylic acids is 2. The summed E-state index contributed by atoms with van der Waals surface area (Å²) < 4.78 is 30.2. The molecule has 0 saturated carbocycles. The number of amides is 1. The number of likely N-dealkylation sites (N-methyl/N-ethyl adjacent to an activating group) is 1. The molecule has 0 aromatic heterocycles. The van der Waals surface area contributed by atoms with Crippen LogP contribution in [0.2, 0.25) is 0 Å². The van der Waals surface area contributed by atoms with Gasteiger partial charge in [0.15, 0.2) is 0 Å². The predicted octanol–water partition coefficient (Wildman–Crippen LogP) is 19.0. The summed E-state index contributed by atoms with van der Waals surface area (Å²) in [6, 6.07) is -0.928. The monoisotopic (exact) mass is 1080 g/mol. The van der Waals surface area contributed by atoms with Crippen molar-refractivity contribution in [3.8, 4) is 0 Å². The van der Waals surface area contributed by atoms with Gasteiger partial charge in [0.25, 0.3) is 7.82 Å². The SMILES string of the molecule is CC/C=C/C/C=C/C/C=C/C/C=C/C/C=C/CCC(=O)NC(COP(=O)([O-])OCC[N+](C)(C)C)C(/C=C\CCCCCCCCCCC)OC(=O)CCCCCCCCCCCCCCCCCCCCCCCCC. The van der Waals surface area contributed by atoms with Crippen molar-refractivity contribution in [2.75, 3.05) is 40.9 Å². The summed E-state index contributed by atoms with van der Waals surface area (Å²) in [4.78, 5) is 39.9. The number of hydrogen-bond acceptors (Lipinski definition) is 7. The summed E-state index contributed by atoms with van der Waals surface area (Å²) in [6.45, 7) is 6.68. The Morgan fingerprint density at radius 3 is 1.26 bits per heavy atom. The third-order valence-electron chi connectivity index (χ3n) is 13.9. The van der Waals surface area contributed by atoms with Gasteiger partial charge in [0.2, 0.25) is 5.91 Å². The van der Waals surface area contributed by atoms with Gasteiger partial charge in [0, 0.05) is 12.8 Å². The summed E-state index contributed by atoms with van der Waals surface area (Å²) in [5.74, 6) is -0.631. The van der Waals surface area contributed by atoms with Crippen molar-refractivity contribution in [2.45, 2.75) is 296 Å². The Balaban J connectivity index is 5.19. The number of nitrogens with zero attached hydrogens (tertiary/aromatic N) is 1. The molecule has 0 saturated heterocycles. The minimum Gasteiger partial charge on any atom is -0.756 e. The Kier molecular flexibility index (Phi) is 53.9. The standard InChI is InChI=1S/C66H121N2O7P/c1-7-10-13-16-19-22-25-27-29-31-32-33-34-35-36-37-39-41-44-47-50-53-56-59-66(70)75-64(57-54-51-48-45-42-24-21-18-15-12-9-3)63(62-74-76(71,72)73-61-60-68(4,5)6)67-65(69)58-55-52-49-46-43-40-38-30-28-26-23-20-17-14-11-8-2/h11,14,20,23,28,30,40,43,49,52,54,57,63-64H,7-10,12-13,15-19,21-22,24-27,29,31-39,41-42,44-48,50-51,53,55-56,58-62H2,1-6H3,(H-,67,69,71,72)/b14-11+,23-20+,30-28+,43-40+,52-49+,57-54-. The highest BCUT2D eigenvalue weighted by Crippen LogP contribution is 2.38. The van der Waals surface area contributed by atoms with Gasteiger partial charge in [-0.25, -0.2) is 0 Å². The molecule has 0 aliphatic rings. The molecule has 10 heteroatoms. The third kappa shape index (κ3) is 56.2. The second kappa shape index (κ2) is 55.8. The number of nitrogens with one attached hydrogen (secondary N) is 1. The lowest BCUT2D eigenvalue weighted by atomic mass is 10.0. The zero-order valence-electron chi connectivity index (χ0n) is 50.4. The molecule has 0 spiro atoms. The molecule has 0 aliphatic carbocycles. The molecule has 0 radical (unpaired) electrons. The van der Waals surface area contributed by atoms with Gasteiger partial charge in [-0.15, -0.1) is 0 Å². The number of quaternary nitrogens is 1. The minimum atomic E-state index is -4.72. The first-order chi connectivity index (χ1) is 36.9. The first kappa shape index (κ1) is 73.5. The molecule has 3 unspecified atom stereocenters. The Labute approximate surface area is 470 Å². The molecule has 3 atom stereocenters. The maximum atomic E-state index is 13.5. The van der Waals surface area contributed by atoms with Crippen molar-refractivity contribution in [3.05, 3.63) is 72.9 Å². The normalized spacial score (nSPS) is 14.1. The molecule has 1 amide bonds. The van der Waals surface area contributed by atoms with Crippen LogP contribution in [0.1, 0.15) is 284 Å². The van der Waals surface area contributed by atoms with Crippen LogP contribution in [0.3, 0.4) is 0 Å². The fraction of sp³-hybridized carbons (Fsp3) is 0.788. The van der Waals surface area contributed by atoms with E-state index in [-0.39, 0.29) is 31.3 Å². The van der Waals surface area contributed by atoms with E-state index in [0.29, 0.717) is 17.4 Å². The Morgan fingerprint density at radius 2 is 0.855 bits per heavy atom. The van der Waals surface area contributed by atoms with Gasteiger partial charge >= 0.3 is 5.97 Å². The van der Waals surface area contributed by atoms with Crippen LogP contribution in [0, 0.1) is 0 Å². The second-order valence-electron chi connectivity index (χ2n) is 22.5. The van der Waals surface area contributed by atoms with Gasteiger partial charge in [-0.1, -0.05) is 280 Å². The lowest BCUT2D eigenvalue weighted by molar-refractivity contribution is -0.870. The summed E-state index contributed by atoms with van der Waals surface area (Å²) in [7, 11) is 1.14. The molecule has 9 nitrogen and oxygen atoms in total. The van der Waals surface area contributed by atoms with E-state index in [4.69, 9.17) is 13.8 Å². The van der Waals surface area contributed by atoms with Crippen LogP contribution in [-0.2, 0) is 27.9 Å². The molecule has 0 aromatic rings. The Bertz CT molecular complexity index is 1530. The minimum absolute atomic E-state index is 0.0365. The van der Waals surface area contributed by atoms with E-state index in [1.807, 2.05) is 45.4 Å². The number of phosphoric acid groups is 1. The van der Waals surface area contributed by atoms with Crippen molar-refractivity contribution < 1.29 is 37.3 Å². The highest BCUT2D eigenvalue weighted by Gasteiger charge is 2.27. The van der Waals surface area contributed by atoms with Gasteiger partial charge in [0.1, 0.15) is 19.3 Å². The number of phosphoric ester groups is 1. The van der Waals surface area contributed by atoms with Crippen LogP contribution in [0.4, 0.5) is 0 Å². The second-order valence-corrected chi connectivity index (χ2v) is 23.9.